The van der Waals surface area contributed by atoms with E-state index in [1.165, 1.54) is 6.07 Å². The molecule has 1 aliphatic heterocycles. The van der Waals surface area contributed by atoms with Crippen molar-refractivity contribution in [3.8, 4) is 0 Å². The number of halogens is 1. The maximum absolute atomic E-state index is 13.3. The molecule has 3 N–H and O–H groups in total. The number of nitro benzene ring substituents is 1. The average Bonchev–Trinajstić information content (AvgIpc) is 2.79. The molecule has 27 heavy (non-hydrogen) atoms. The van der Waals surface area contributed by atoms with Crippen LogP contribution in [-0.2, 0) is 13.8 Å². The van der Waals surface area contributed by atoms with E-state index in [1.807, 2.05) is 0 Å². The van der Waals surface area contributed by atoms with Crippen molar-refractivity contribution >= 4 is 19.2 Å². The molecule has 1 fully saturated rings. The monoisotopic (exact) mass is 426 g/mol. The molecule has 1 aliphatic rings. The summed E-state index contributed by atoms with van der Waals surface area (Å²) in [6.07, 6.45) is -5.19. The molecular formula is C12H14FN2Na2O9P. The molecule has 0 amide bonds. The second kappa shape index (κ2) is 11.5. The summed E-state index contributed by atoms with van der Waals surface area (Å²) in [6.45, 7) is -0.898. The molecule has 1 saturated heterocycles. The Morgan fingerprint density at radius 1 is 1.26 bits per heavy atom. The van der Waals surface area contributed by atoms with Gasteiger partial charge < -0.3 is 39.1 Å². The quantitative estimate of drug-likeness (QED) is 0.164. The second-order valence-electron chi connectivity index (χ2n) is 5.24. The Balaban J connectivity index is 0.00000338. The van der Waals surface area contributed by atoms with Crippen molar-refractivity contribution in [2.45, 2.75) is 24.4 Å². The molecule has 0 spiro atoms. The number of hydrogen-bond acceptors (Lipinski definition) is 10. The molecule has 0 unspecified atom stereocenters. The van der Waals surface area contributed by atoms with E-state index >= 15 is 0 Å². The van der Waals surface area contributed by atoms with E-state index in [0.717, 1.165) is 12.1 Å². The van der Waals surface area contributed by atoms with Gasteiger partial charge in [-0.2, -0.15) is 4.39 Å². The summed E-state index contributed by atoms with van der Waals surface area (Å²) in [6, 6.07) is 3.06. The molecule has 11 nitrogen and oxygen atoms in total. The number of aliphatic hydroxyl groups excluding tert-OH is 2. The van der Waals surface area contributed by atoms with Crippen LogP contribution in [0, 0.1) is 15.9 Å². The predicted molar refractivity (Wildman–Crippen MR) is 75.8 cm³/mol. The van der Waals surface area contributed by atoms with Gasteiger partial charge in [0.1, 0.15) is 24.4 Å². The van der Waals surface area contributed by atoms with Gasteiger partial charge in [0.15, 0.2) is 0 Å². The van der Waals surface area contributed by atoms with Crippen LogP contribution < -0.4 is 74.2 Å². The minimum absolute atomic E-state index is 0. The Morgan fingerprint density at radius 2 is 1.85 bits per heavy atom. The zero-order valence-electron chi connectivity index (χ0n) is 14.5. The summed E-state index contributed by atoms with van der Waals surface area (Å²) in [5.41, 5.74) is -0.576. The molecule has 0 bridgehead atoms. The van der Waals surface area contributed by atoms with Crippen LogP contribution in [-0.4, -0.2) is 52.7 Å². The van der Waals surface area contributed by atoms with E-state index in [4.69, 9.17) is 4.74 Å². The largest absolute Gasteiger partial charge is 1.00 e. The summed E-state index contributed by atoms with van der Waals surface area (Å²) < 4.78 is 32.9. The third-order valence-electron chi connectivity index (χ3n) is 3.51. The molecule has 1 aromatic carbocycles. The van der Waals surface area contributed by atoms with Crippen molar-refractivity contribution in [1.82, 2.24) is 0 Å². The van der Waals surface area contributed by atoms with Gasteiger partial charge in [-0.1, -0.05) is 0 Å². The maximum atomic E-state index is 13.3. The Labute approximate surface area is 197 Å². The number of aliphatic hydroxyl groups is 2. The fourth-order valence-corrected chi connectivity index (χ4v) is 2.61. The van der Waals surface area contributed by atoms with E-state index in [0.29, 0.717) is 0 Å². The Hall–Kier alpha value is 0.340. The molecule has 0 aliphatic carbocycles. The normalized spacial score (nSPS) is 24.6. The number of rotatable bonds is 7. The molecule has 2 rings (SSSR count). The summed E-state index contributed by atoms with van der Waals surface area (Å²) in [4.78, 5) is 30.6. The van der Waals surface area contributed by atoms with Gasteiger partial charge in [0, 0.05) is 18.3 Å². The van der Waals surface area contributed by atoms with Crippen molar-refractivity contribution in [2.75, 3.05) is 18.5 Å². The van der Waals surface area contributed by atoms with Crippen molar-refractivity contribution in [3.05, 3.63) is 34.1 Å². The SMILES string of the molecule is O=[N+]([O-])c1cc(NC[C@H]2O[C@H](COP(=O)([O-])[O-])[C@@H](O)[C@H]2O)ccc1F.[Na+].[Na+]. The minimum Gasteiger partial charge on any atom is -0.790 e. The average molecular weight is 426 g/mol. The summed E-state index contributed by atoms with van der Waals surface area (Å²) in [5.74, 6) is -1.01. The van der Waals surface area contributed by atoms with E-state index in [1.54, 1.807) is 0 Å². The van der Waals surface area contributed by atoms with Crippen LogP contribution in [0.15, 0.2) is 18.2 Å². The van der Waals surface area contributed by atoms with Gasteiger partial charge in [-0.25, -0.2) is 0 Å². The first-order chi connectivity index (χ1) is 11.6. The number of anilines is 1. The third kappa shape index (κ3) is 7.94. The van der Waals surface area contributed by atoms with Crippen molar-refractivity contribution in [1.29, 1.82) is 0 Å². The van der Waals surface area contributed by atoms with Crippen LogP contribution in [0.1, 0.15) is 0 Å². The van der Waals surface area contributed by atoms with Crippen LogP contribution in [0.25, 0.3) is 0 Å². The van der Waals surface area contributed by atoms with Crippen molar-refractivity contribution in [2.24, 2.45) is 0 Å². The van der Waals surface area contributed by atoms with Crippen molar-refractivity contribution < 1.29 is 102 Å². The number of nitro groups is 1. The number of benzene rings is 1. The molecule has 0 radical (unpaired) electrons. The number of phosphoric acid groups is 1. The van der Waals surface area contributed by atoms with Crippen LogP contribution in [0.3, 0.4) is 0 Å². The van der Waals surface area contributed by atoms with Gasteiger partial charge in [0.05, 0.1) is 19.4 Å². The number of ether oxygens (including phenoxy) is 1. The summed E-state index contributed by atoms with van der Waals surface area (Å²) >= 11 is 0. The molecular weight excluding hydrogens is 412 g/mol. The Bertz CT molecular complexity index is 695. The first-order valence-electron chi connectivity index (χ1n) is 6.94. The molecule has 4 atom stereocenters. The van der Waals surface area contributed by atoms with Gasteiger partial charge >= 0.3 is 64.8 Å². The second-order valence-corrected chi connectivity index (χ2v) is 6.39. The van der Waals surface area contributed by atoms with Gasteiger partial charge in [-0.15, -0.1) is 0 Å². The first-order valence-corrected chi connectivity index (χ1v) is 8.40. The zero-order chi connectivity index (χ0) is 18.8. The molecule has 1 aromatic rings. The summed E-state index contributed by atoms with van der Waals surface area (Å²) in [5, 5.41) is 33.0. The number of nitrogens with zero attached hydrogens (tertiary/aromatic N) is 1. The minimum atomic E-state index is -5.25. The van der Waals surface area contributed by atoms with E-state index in [2.05, 4.69) is 9.84 Å². The fraction of sp³-hybridized carbons (Fsp3) is 0.500. The molecule has 140 valence electrons. The maximum Gasteiger partial charge on any atom is 1.00 e. The van der Waals surface area contributed by atoms with E-state index in [-0.39, 0.29) is 71.3 Å². The number of phosphoric ester groups is 1. The predicted octanol–water partition coefficient (Wildman–Crippen LogP) is -7.51. The molecule has 1 heterocycles. The van der Waals surface area contributed by atoms with Crippen LogP contribution in [0.4, 0.5) is 15.8 Å². The van der Waals surface area contributed by atoms with Crippen LogP contribution >= 0.6 is 7.82 Å². The zero-order valence-corrected chi connectivity index (χ0v) is 19.4. The van der Waals surface area contributed by atoms with Crippen LogP contribution in [0.2, 0.25) is 0 Å². The topological polar surface area (TPSA) is 177 Å². The van der Waals surface area contributed by atoms with E-state index < -0.39 is 55.3 Å². The Morgan fingerprint density at radius 3 is 2.41 bits per heavy atom. The summed E-state index contributed by atoms with van der Waals surface area (Å²) in [7, 11) is -5.25. The molecule has 0 aromatic heterocycles. The third-order valence-corrected chi connectivity index (χ3v) is 3.97. The van der Waals surface area contributed by atoms with Gasteiger partial charge in [0.2, 0.25) is 5.82 Å². The van der Waals surface area contributed by atoms with Crippen molar-refractivity contribution in [3.63, 3.8) is 0 Å². The van der Waals surface area contributed by atoms with E-state index in [9.17, 15) is 39.1 Å². The van der Waals surface area contributed by atoms with Gasteiger partial charge in [-0.3, -0.25) is 10.1 Å². The smallest absolute Gasteiger partial charge is 0.790 e. The van der Waals surface area contributed by atoms with Gasteiger partial charge in [0.25, 0.3) is 0 Å². The standard InChI is InChI=1S/C12H16FN2O9P.2Na/c13-7-2-1-6(3-8(7)15(18)19)14-4-9-11(16)12(17)10(24-9)5-23-25(20,21)22;;/h1-3,9-12,14,16-17H,4-5H2,(H2,20,21,22);;/q;2*+1/p-2/t9-,10-,11+,12-;;/m1../s1. The number of hydrogen-bond donors (Lipinski definition) is 3. The molecule has 0 saturated carbocycles. The first kappa shape index (κ1) is 27.3. The Kier molecular flexibility index (Phi) is 11.7. The number of nitrogens with one attached hydrogen (secondary N) is 1. The fourth-order valence-electron chi connectivity index (χ4n) is 2.28. The van der Waals surface area contributed by atoms with Crippen LogP contribution in [0.5, 0.6) is 0 Å². The van der Waals surface area contributed by atoms with Gasteiger partial charge in [-0.05, 0) is 12.1 Å². The molecule has 15 heteroatoms.